The fourth-order valence-electron chi connectivity index (χ4n) is 3.24. The third kappa shape index (κ3) is 2.74. The van der Waals surface area contributed by atoms with Gasteiger partial charge in [0.25, 0.3) is 0 Å². The van der Waals surface area contributed by atoms with Crippen molar-refractivity contribution in [2.45, 2.75) is 37.6 Å². The molecule has 0 amide bonds. The SMILES string of the molecule is NNC(CC1CCCc2ccccc21)c1ccccn1. The van der Waals surface area contributed by atoms with Crippen molar-refractivity contribution >= 4 is 0 Å². The van der Waals surface area contributed by atoms with Gasteiger partial charge in [-0.05, 0) is 54.9 Å². The van der Waals surface area contributed by atoms with Gasteiger partial charge < -0.3 is 0 Å². The fraction of sp³-hybridized carbons (Fsp3) is 0.353. The Morgan fingerprint density at radius 3 is 2.85 bits per heavy atom. The molecule has 1 aromatic carbocycles. The highest BCUT2D eigenvalue weighted by Gasteiger charge is 2.24. The highest BCUT2D eigenvalue weighted by molar-refractivity contribution is 5.33. The van der Waals surface area contributed by atoms with Gasteiger partial charge in [-0.3, -0.25) is 16.3 Å². The maximum Gasteiger partial charge on any atom is 0.0638 e. The Bertz CT molecular complexity index is 553. The highest BCUT2D eigenvalue weighted by atomic mass is 15.2. The van der Waals surface area contributed by atoms with E-state index in [0.717, 1.165) is 12.1 Å². The van der Waals surface area contributed by atoms with Crippen LogP contribution in [-0.4, -0.2) is 4.98 Å². The number of hydrogen-bond acceptors (Lipinski definition) is 3. The molecule has 0 saturated carbocycles. The number of hydrogen-bond donors (Lipinski definition) is 2. The molecule has 1 aromatic heterocycles. The van der Waals surface area contributed by atoms with Crippen LogP contribution in [-0.2, 0) is 6.42 Å². The molecule has 3 heteroatoms. The molecule has 20 heavy (non-hydrogen) atoms. The van der Waals surface area contributed by atoms with Crippen LogP contribution >= 0.6 is 0 Å². The average Bonchev–Trinajstić information content (AvgIpc) is 2.53. The van der Waals surface area contributed by atoms with Crippen LogP contribution < -0.4 is 11.3 Å². The monoisotopic (exact) mass is 267 g/mol. The molecule has 3 rings (SSSR count). The predicted octanol–water partition coefficient (Wildman–Crippen LogP) is 3.10. The maximum atomic E-state index is 5.75. The Kier molecular flexibility index (Phi) is 4.09. The second-order valence-electron chi connectivity index (χ2n) is 5.50. The number of nitrogens with two attached hydrogens (primary N) is 1. The summed E-state index contributed by atoms with van der Waals surface area (Å²) in [6, 6.07) is 14.9. The second kappa shape index (κ2) is 6.16. The molecule has 3 nitrogen and oxygen atoms in total. The molecule has 104 valence electrons. The van der Waals surface area contributed by atoms with Crippen LogP contribution in [0.2, 0.25) is 0 Å². The van der Waals surface area contributed by atoms with Crippen LogP contribution in [0, 0.1) is 0 Å². The van der Waals surface area contributed by atoms with Gasteiger partial charge in [0.2, 0.25) is 0 Å². The van der Waals surface area contributed by atoms with Crippen LogP contribution in [0.3, 0.4) is 0 Å². The van der Waals surface area contributed by atoms with E-state index in [-0.39, 0.29) is 6.04 Å². The van der Waals surface area contributed by atoms with Crippen LogP contribution in [0.5, 0.6) is 0 Å². The molecule has 2 aromatic rings. The van der Waals surface area contributed by atoms with Gasteiger partial charge in [-0.25, -0.2) is 0 Å². The van der Waals surface area contributed by atoms with E-state index in [1.807, 2.05) is 24.4 Å². The molecule has 2 atom stereocenters. The third-order valence-corrected chi connectivity index (χ3v) is 4.26. The van der Waals surface area contributed by atoms with Gasteiger partial charge in [0, 0.05) is 6.20 Å². The maximum absolute atomic E-state index is 5.75. The van der Waals surface area contributed by atoms with Gasteiger partial charge in [-0.1, -0.05) is 30.3 Å². The lowest BCUT2D eigenvalue weighted by Crippen LogP contribution is -2.30. The molecule has 0 aliphatic heterocycles. The van der Waals surface area contributed by atoms with Crippen LogP contribution in [0.1, 0.15) is 48.0 Å². The minimum absolute atomic E-state index is 0.118. The summed E-state index contributed by atoms with van der Waals surface area (Å²) in [4.78, 5) is 4.43. The van der Waals surface area contributed by atoms with Gasteiger partial charge in [0.15, 0.2) is 0 Å². The van der Waals surface area contributed by atoms with Crippen molar-refractivity contribution in [3.8, 4) is 0 Å². The van der Waals surface area contributed by atoms with Crippen molar-refractivity contribution in [1.29, 1.82) is 0 Å². The topological polar surface area (TPSA) is 50.9 Å². The first-order valence-electron chi connectivity index (χ1n) is 7.33. The summed E-state index contributed by atoms with van der Waals surface area (Å²) >= 11 is 0. The molecule has 1 aliphatic rings. The first-order valence-corrected chi connectivity index (χ1v) is 7.33. The van der Waals surface area contributed by atoms with Crippen LogP contribution in [0.15, 0.2) is 48.7 Å². The number of aryl methyl sites for hydroxylation is 1. The Labute approximate surface area is 120 Å². The standard InChI is InChI=1S/C17H21N3/c18-20-17(16-10-3-4-11-19-16)12-14-8-5-7-13-6-1-2-9-15(13)14/h1-4,6,9-11,14,17,20H,5,7-8,12,18H2. The first kappa shape index (κ1) is 13.3. The molecule has 1 aliphatic carbocycles. The molecule has 3 N–H and O–H groups in total. The van der Waals surface area contributed by atoms with E-state index in [4.69, 9.17) is 5.84 Å². The van der Waals surface area contributed by atoms with Gasteiger partial charge in [-0.15, -0.1) is 0 Å². The Morgan fingerprint density at radius 2 is 2.05 bits per heavy atom. The van der Waals surface area contributed by atoms with E-state index in [2.05, 4.69) is 34.7 Å². The minimum atomic E-state index is 0.118. The van der Waals surface area contributed by atoms with Crippen molar-refractivity contribution in [3.05, 3.63) is 65.5 Å². The zero-order valence-electron chi connectivity index (χ0n) is 11.6. The molecule has 0 bridgehead atoms. The van der Waals surface area contributed by atoms with Crippen molar-refractivity contribution in [2.24, 2.45) is 5.84 Å². The largest absolute Gasteiger partial charge is 0.271 e. The van der Waals surface area contributed by atoms with Crippen molar-refractivity contribution in [3.63, 3.8) is 0 Å². The molecule has 0 fully saturated rings. The van der Waals surface area contributed by atoms with E-state index in [1.54, 1.807) is 0 Å². The normalized spacial score (nSPS) is 19.4. The summed E-state index contributed by atoms with van der Waals surface area (Å²) in [5.41, 5.74) is 6.96. The minimum Gasteiger partial charge on any atom is -0.271 e. The second-order valence-corrected chi connectivity index (χ2v) is 5.50. The lowest BCUT2D eigenvalue weighted by Gasteiger charge is -2.28. The van der Waals surface area contributed by atoms with Crippen molar-refractivity contribution < 1.29 is 0 Å². The average molecular weight is 267 g/mol. The molecular weight excluding hydrogens is 246 g/mol. The predicted molar refractivity (Wildman–Crippen MR) is 81.0 cm³/mol. The van der Waals surface area contributed by atoms with Gasteiger partial charge in [0.1, 0.15) is 0 Å². The zero-order chi connectivity index (χ0) is 13.8. The molecule has 2 unspecified atom stereocenters. The Morgan fingerprint density at radius 1 is 1.20 bits per heavy atom. The lowest BCUT2D eigenvalue weighted by atomic mass is 9.79. The lowest BCUT2D eigenvalue weighted by molar-refractivity contribution is 0.419. The number of fused-ring (bicyclic) bond motifs is 1. The molecule has 0 spiro atoms. The number of benzene rings is 1. The smallest absolute Gasteiger partial charge is 0.0638 e. The fourth-order valence-corrected chi connectivity index (χ4v) is 3.24. The van der Waals surface area contributed by atoms with Gasteiger partial charge in [-0.2, -0.15) is 0 Å². The number of nitrogens with zero attached hydrogens (tertiary/aromatic N) is 1. The number of pyridine rings is 1. The van der Waals surface area contributed by atoms with Crippen LogP contribution in [0.4, 0.5) is 0 Å². The molecule has 0 radical (unpaired) electrons. The van der Waals surface area contributed by atoms with Gasteiger partial charge in [0.05, 0.1) is 11.7 Å². The number of hydrazine groups is 1. The summed E-state index contributed by atoms with van der Waals surface area (Å²) in [6.45, 7) is 0. The molecule has 0 saturated heterocycles. The van der Waals surface area contributed by atoms with E-state index in [9.17, 15) is 0 Å². The zero-order valence-corrected chi connectivity index (χ0v) is 11.6. The Hall–Kier alpha value is -1.71. The molecule has 1 heterocycles. The highest BCUT2D eigenvalue weighted by Crippen LogP contribution is 2.37. The first-order chi connectivity index (χ1) is 9.88. The number of rotatable bonds is 4. The number of aromatic nitrogens is 1. The van der Waals surface area contributed by atoms with E-state index >= 15 is 0 Å². The summed E-state index contributed by atoms with van der Waals surface area (Å²) in [7, 11) is 0. The summed E-state index contributed by atoms with van der Waals surface area (Å²) in [5.74, 6) is 6.32. The van der Waals surface area contributed by atoms with Crippen molar-refractivity contribution in [2.75, 3.05) is 0 Å². The van der Waals surface area contributed by atoms with E-state index in [1.165, 1.54) is 30.4 Å². The summed E-state index contributed by atoms with van der Waals surface area (Å²) in [6.07, 6.45) is 6.54. The third-order valence-electron chi connectivity index (χ3n) is 4.26. The summed E-state index contributed by atoms with van der Waals surface area (Å²) < 4.78 is 0. The summed E-state index contributed by atoms with van der Waals surface area (Å²) in [5, 5.41) is 0. The van der Waals surface area contributed by atoms with E-state index in [0.29, 0.717) is 5.92 Å². The number of nitrogens with one attached hydrogen (secondary N) is 1. The molecular formula is C17H21N3. The van der Waals surface area contributed by atoms with Crippen molar-refractivity contribution in [1.82, 2.24) is 10.4 Å². The Balaban J connectivity index is 1.81. The van der Waals surface area contributed by atoms with Gasteiger partial charge >= 0.3 is 0 Å². The quantitative estimate of drug-likeness (QED) is 0.661. The van der Waals surface area contributed by atoms with E-state index < -0.39 is 0 Å². The van der Waals surface area contributed by atoms with Crippen LogP contribution in [0.25, 0.3) is 0 Å².